The van der Waals surface area contributed by atoms with Crippen LogP contribution in [0.5, 0.6) is 0 Å². The largest absolute Gasteiger partial charge is 0.467 e. The highest BCUT2D eigenvalue weighted by molar-refractivity contribution is 6.39. The van der Waals surface area contributed by atoms with Crippen LogP contribution in [0, 0.1) is 6.92 Å². The van der Waals surface area contributed by atoms with Gasteiger partial charge in [0.2, 0.25) is 0 Å². The molecule has 0 bridgehead atoms. The predicted molar refractivity (Wildman–Crippen MR) is 94.6 cm³/mol. The highest BCUT2D eigenvalue weighted by Crippen LogP contribution is 2.24. The van der Waals surface area contributed by atoms with Crippen LogP contribution in [0.15, 0.2) is 42.5 Å². The topological polar surface area (TPSA) is 55.4 Å². The molecule has 2 rings (SSSR count). The number of hydrogen-bond donors (Lipinski definition) is 1. The lowest BCUT2D eigenvalue weighted by Gasteiger charge is -2.17. The molecule has 0 aliphatic heterocycles. The van der Waals surface area contributed by atoms with Gasteiger partial charge in [0.15, 0.2) is 0 Å². The fourth-order valence-corrected chi connectivity index (χ4v) is 2.81. The quantitative estimate of drug-likeness (QED) is 0.819. The standard InChI is InChI=1S/C18H17Cl2NO3/c1-11-6-8-12(9-7-11)10-15(18(23)24-2)21-17(22)16-13(19)4-3-5-14(16)20/h3-9,15H,10H2,1-2H3,(H,21,22). The van der Waals surface area contributed by atoms with Gasteiger partial charge in [-0.15, -0.1) is 0 Å². The molecule has 1 N–H and O–H groups in total. The third kappa shape index (κ3) is 4.49. The van der Waals surface area contributed by atoms with Crippen molar-refractivity contribution in [3.8, 4) is 0 Å². The van der Waals surface area contributed by atoms with Gasteiger partial charge in [-0.1, -0.05) is 59.1 Å². The first-order valence-corrected chi connectivity index (χ1v) is 8.06. The van der Waals surface area contributed by atoms with Crippen LogP contribution in [-0.2, 0) is 16.0 Å². The minimum absolute atomic E-state index is 0.138. The zero-order valence-electron chi connectivity index (χ0n) is 13.3. The van der Waals surface area contributed by atoms with E-state index >= 15 is 0 Å². The van der Waals surface area contributed by atoms with Gasteiger partial charge in [0.25, 0.3) is 5.91 Å². The maximum absolute atomic E-state index is 12.5. The van der Waals surface area contributed by atoms with E-state index < -0.39 is 17.9 Å². The number of esters is 1. The molecule has 24 heavy (non-hydrogen) atoms. The number of amides is 1. The van der Waals surface area contributed by atoms with Crippen LogP contribution in [-0.4, -0.2) is 25.0 Å². The molecule has 1 amide bonds. The summed E-state index contributed by atoms with van der Waals surface area (Å²) in [4.78, 5) is 24.5. The monoisotopic (exact) mass is 365 g/mol. The van der Waals surface area contributed by atoms with E-state index in [9.17, 15) is 9.59 Å². The first-order valence-electron chi connectivity index (χ1n) is 7.30. The van der Waals surface area contributed by atoms with Crippen LogP contribution in [0.25, 0.3) is 0 Å². The molecule has 0 saturated carbocycles. The number of halogens is 2. The maximum Gasteiger partial charge on any atom is 0.328 e. The summed E-state index contributed by atoms with van der Waals surface area (Å²) < 4.78 is 4.79. The van der Waals surface area contributed by atoms with Gasteiger partial charge >= 0.3 is 5.97 Å². The van der Waals surface area contributed by atoms with Gasteiger partial charge in [-0.05, 0) is 24.6 Å². The highest BCUT2D eigenvalue weighted by Gasteiger charge is 2.24. The number of methoxy groups -OCH3 is 1. The summed E-state index contributed by atoms with van der Waals surface area (Å²) in [7, 11) is 1.28. The zero-order valence-corrected chi connectivity index (χ0v) is 14.8. The Morgan fingerprint density at radius 3 is 2.21 bits per heavy atom. The molecular formula is C18H17Cl2NO3. The second kappa shape index (κ2) is 8.18. The number of aryl methyl sites for hydroxylation is 1. The molecule has 4 nitrogen and oxygen atoms in total. The van der Waals surface area contributed by atoms with Crippen molar-refractivity contribution in [1.29, 1.82) is 0 Å². The van der Waals surface area contributed by atoms with Crippen molar-refractivity contribution in [1.82, 2.24) is 5.32 Å². The zero-order chi connectivity index (χ0) is 17.7. The molecule has 1 atom stereocenters. The fraction of sp³-hybridized carbons (Fsp3) is 0.222. The van der Waals surface area contributed by atoms with E-state index in [0.29, 0.717) is 6.42 Å². The lowest BCUT2D eigenvalue weighted by Crippen LogP contribution is -2.43. The second-order valence-electron chi connectivity index (χ2n) is 5.34. The number of benzene rings is 2. The Balaban J connectivity index is 2.21. The first kappa shape index (κ1) is 18.3. The number of hydrogen-bond acceptors (Lipinski definition) is 3. The molecule has 0 radical (unpaired) electrons. The summed E-state index contributed by atoms with van der Waals surface area (Å²) in [5, 5.41) is 3.09. The second-order valence-corrected chi connectivity index (χ2v) is 6.15. The first-order chi connectivity index (χ1) is 11.4. The average molecular weight is 366 g/mol. The van der Waals surface area contributed by atoms with E-state index in [1.807, 2.05) is 31.2 Å². The van der Waals surface area contributed by atoms with Gasteiger partial charge in [-0.25, -0.2) is 4.79 Å². The van der Waals surface area contributed by atoms with Crippen LogP contribution in [0.2, 0.25) is 10.0 Å². The van der Waals surface area contributed by atoms with E-state index in [-0.39, 0.29) is 15.6 Å². The molecular weight excluding hydrogens is 349 g/mol. The van der Waals surface area contributed by atoms with Gasteiger partial charge in [-0.2, -0.15) is 0 Å². The molecule has 1 unspecified atom stereocenters. The van der Waals surface area contributed by atoms with Crippen molar-refractivity contribution >= 4 is 35.1 Å². The molecule has 0 fully saturated rings. The third-order valence-electron chi connectivity index (χ3n) is 3.54. The molecule has 0 aromatic heterocycles. The average Bonchev–Trinajstić information content (AvgIpc) is 2.55. The SMILES string of the molecule is COC(=O)C(Cc1ccc(C)cc1)NC(=O)c1c(Cl)cccc1Cl. The summed E-state index contributed by atoms with van der Waals surface area (Å²) in [6.45, 7) is 1.97. The van der Waals surface area contributed by atoms with Crippen molar-refractivity contribution in [3.63, 3.8) is 0 Å². The maximum atomic E-state index is 12.5. The van der Waals surface area contributed by atoms with Gasteiger partial charge in [-0.3, -0.25) is 4.79 Å². The molecule has 0 aliphatic carbocycles. The number of carbonyl (C=O) groups is 2. The summed E-state index contributed by atoms with van der Waals surface area (Å²) in [5.41, 5.74) is 2.15. The lowest BCUT2D eigenvalue weighted by atomic mass is 10.0. The minimum Gasteiger partial charge on any atom is -0.467 e. The summed E-state index contributed by atoms with van der Waals surface area (Å²) in [6.07, 6.45) is 0.306. The Labute approximate surface area is 150 Å². The normalized spacial score (nSPS) is 11.7. The minimum atomic E-state index is -0.836. The number of nitrogens with one attached hydrogen (secondary N) is 1. The highest BCUT2D eigenvalue weighted by atomic mass is 35.5. The van der Waals surface area contributed by atoms with Crippen molar-refractivity contribution in [2.45, 2.75) is 19.4 Å². The van der Waals surface area contributed by atoms with Crippen molar-refractivity contribution in [3.05, 3.63) is 69.2 Å². The molecule has 6 heteroatoms. The van der Waals surface area contributed by atoms with Crippen LogP contribution in [0.4, 0.5) is 0 Å². The van der Waals surface area contributed by atoms with Crippen molar-refractivity contribution in [2.24, 2.45) is 0 Å². The molecule has 0 spiro atoms. The van der Waals surface area contributed by atoms with Crippen molar-refractivity contribution < 1.29 is 14.3 Å². The predicted octanol–water partition coefficient (Wildman–Crippen LogP) is 3.82. The van der Waals surface area contributed by atoms with Crippen LogP contribution < -0.4 is 5.32 Å². The molecule has 0 saturated heterocycles. The molecule has 126 valence electrons. The lowest BCUT2D eigenvalue weighted by molar-refractivity contribution is -0.142. The van der Waals surface area contributed by atoms with Gasteiger partial charge < -0.3 is 10.1 Å². The molecule has 2 aromatic carbocycles. The van der Waals surface area contributed by atoms with Gasteiger partial charge in [0.1, 0.15) is 6.04 Å². The van der Waals surface area contributed by atoms with Gasteiger partial charge in [0.05, 0.1) is 22.7 Å². The Hall–Kier alpha value is -2.04. The van der Waals surface area contributed by atoms with E-state index in [1.54, 1.807) is 18.2 Å². The summed E-state index contributed by atoms with van der Waals surface area (Å²) in [5.74, 6) is -1.06. The summed E-state index contributed by atoms with van der Waals surface area (Å²) >= 11 is 12.1. The van der Waals surface area contributed by atoms with Crippen LogP contribution >= 0.6 is 23.2 Å². The van der Waals surface area contributed by atoms with Gasteiger partial charge in [0, 0.05) is 6.42 Å². The smallest absolute Gasteiger partial charge is 0.328 e. The Morgan fingerprint density at radius 1 is 1.08 bits per heavy atom. The molecule has 2 aromatic rings. The Kier molecular flexibility index (Phi) is 6.23. The van der Waals surface area contributed by atoms with E-state index in [4.69, 9.17) is 27.9 Å². The van der Waals surface area contributed by atoms with Crippen LogP contribution in [0.3, 0.4) is 0 Å². The van der Waals surface area contributed by atoms with E-state index in [0.717, 1.165) is 11.1 Å². The summed E-state index contributed by atoms with van der Waals surface area (Å²) in [6, 6.07) is 11.6. The van der Waals surface area contributed by atoms with Crippen LogP contribution in [0.1, 0.15) is 21.5 Å². The molecule has 0 heterocycles. The molecule has 0 aliphatic rings. The number of ether oxygens (including phenoxy) is 1. The third-order valence-corrected chi connectivity index (χ3v) is 4.17. The van der Waals surface area contributed by atoms with Crippen molar-refractivity contribution in [2.75, 3.05) is 7.11 Å². The van der Waals surface area contributed by atoms with E-state index in [1.165, 1.54) is 7.11 Å². The van der Waals surface area contributed by atoms with E-state index in [2.05, 4.69) is 5.32 Å². The Morgan fingerprint density at radius 2 is 1.67 bits per heavy atom. The number of carbonyl (C=O) groups excluding carboxylic acids is 2. The Bertz CT molecular complexity index is 724. The number of rotatable bonds is 5. The fourth-order valence-electron chi connectivity index (χ4n) is 2.24.